The van der Waals surface area contributed by atoms with Gasteiger partial charge in [-0.2, -0.15) is 0 Å². The molecule has 1 aliphatic heterocycles. The number of ether oxygens (including phenoxy) is 3. The topological polar surface area (TPSA) is 72.9 Å². The zero-order valence-electron chi connectivity index (χ0n) is 16.4. The first-order chi connectivity index (χ1) is 13.7. The number of methoxy groups -OCH3 is 2. The van der Waals surface area contributed by atoms with E-state index in [2.05, 4.69) is 10.3 Å². The van der Waals surface area contributed by atoms with Crippen molar-refractivity contribution in [2.45, 2.75) is 25.4 Å². The lowest BCUT2D eigenvalue weighted by Gasteiger charge is -2.32. The summed E-state index contributed by atoms with van der Waals surface area (Å²) in [4.78, 5) is 18.5. The third-order valence-electron chi connectivity index (χ3n) is 4.81. The maximum absolute atomic E-state index is 12.4. The Morgan fingerprint density at radius 2 is 1.96 bits per heavy atom. The van der Waals surface area contributed by atoms with Gasteiger partial charge >= 0.3 is 6.03 Å². The van der Waals surface area contributed by atoms with Gasteiger partial charge < -0.3 is 24.4 Å². The quantitative estimate of drug-likeness (QED) is 0.793. The van der Waals surface area contributed by atoms with E-state index in [1.165, 1.54) is 0 Å². The molecule has 7 nitrogen and oxygen atoms in total. The van der Waals surface area contributed by atoms with Gasteiger partial charge in [0.25, 0.3) is 0 Å². The van der Waals surface area contributed by atoms with Gasteiger partial charge in [-0.25, -0.2) is 9.78 Å². The molecule has 0 aliphatic carbocycles. The summed E-state index contributed by atoms with van der Waals surface area (Å²) in [5.74, 6) is 2.05. The first kappa shape index (κ1) is 19.8. The number of likely N-dealkylation sites (tertiary alicyclic amines) is 1. The van der Waals surface area contributed by atoms with Crippen molar-refractivity contribution in [3.8, 4) is 17.4 Å². The first-order valence-electron chi connectivity index (χ1n) is 9.51. The number of urea groups is 1. The first-order valence-corrected chi connectivity index (χ1v) is 9.51. The zero-order valence-corrected chi connectivity index (χ0v) is 16.4. The summed E-state index contributed by atoms with van der Waals surface area (Å²) in [7, 11) is 3.24. The maximum atomic E-state index is 12.4. The van der Waals surface area contributed by atoms with Gasteiger partial charge in [0.2, 0.25) is 5.88 Å². The minimum atomic E-state index is -0.0434. The number of carbonyl (C=O) groups is 1. The van der Waals surface area contributed by atoms with Crippen molar-refractivity contribution >= 4 is 6.03 Å². The van der Waals surface area contributed by atoms with Crippen molar-refractivity contribution in [2.24, 2.45) is 0 Å². The highest BCUT2D eigenvalue weighted by Gasteiger charge is 2.24. The average Bonchev–Trinajstić information content (AvgIpc) is 2.74. The van der Waals surface area contributed by atoms with Crippen molar-refractivity contribution in [2.75, 3.05) is 33.9 Å². The molecule has 0 unspecified atom stereocenters. The van der Waals surface area contributed by atoms with Gasteiger partial charge in [-0.15, -0.1) is 0 Å². The molecule has 2 aromatic rings. The van der Waals surface area contributed by atoms with E-state index in [4.69, 9.17) is 14.2 Å². The largest absolute Gasteiger partial charge is 0.493 e. The fourth-order valence-electron chi connectivity index (χ4n) is 3.33. The number of nitrogens with zero attached hydrogens (tertiary/aromatic N) is 2. The molecule has 1 saturated heterocycles. The summed E-state index contributed by atoms with van der Waals surface area (Å²) in [5.41, 5.74) is 1.00. The van der Waals surface area contributed by atoms with E-state index in [1.54, 1.807) is 20.4 Å². The van der Waals surface area contributed by atoms with Crippen LogP contribution in [0.1, 0.15) is 18.4 Å². The Balaban J connectivity index is 1.43. The molecule has 1 aromatic heterocycles. The van der Waals surface area contributed by atoms with E-state index in [1.807, 2.05) is 41.3 Å². The van der Waals surface area contributed by atoms with Crippen LogP contribution >= 0.6 is 0 Å². The molecular formula is C21H27N3O4. The minimum Gasteiger partial charge on any atom is -0.493 e. The van der Waals surface area contributed by atoms with Crippen molar-refractivity contribution in [3.05, 3.63) is 48.2 Å². The van der Waals surface area contributed by atoms with Gasteiger partial charge in [0.1, 0.15) is 6.10 Å². The summed E-state index contributed by atoms with van der Waals surface area (Å²) < 4.78 is 16.6. The number of hydrogen-bond donors (Lipinski definition) is 1. The van der Waals surface area contributed by atoms with Crippen molar-refractivity contribution < 1.29 is 19.0 Å². The van der Waals surface area contributed by atoms with Gasteiger partial charge in [0, 0.05) is 44.7 Å². The summed E-state index contributed by atoms with van der Waals surface area (Å²) >= 11 is 0. The normalized spacial score (nSPS) is 14.4. The number of pyridine rings is 1. The minimum absolute atomic E-state index is 0.0434. The third-order valence-corrected chi connectivity index (χ3v) is 4.81. The van der Waals surface area contributed by atoms with Gasteiger partial charge in [-0.3, -0.25) is 0 Å². The number of hydrogen-bond acceptors (Lipinski definition) is 5. The second kappa shape index (κ2) is 9.82. The Kier molecular flexibility index (Phi) is 6.94. The molecular weight excluding hydrogens is 358 g/mol. The maximum Gasteiger partial charge on any atom is 0.317 e. The Morgan fingerprint density at radius 1 is 1.14 bits per heavy atom. The Morgan fingerprint density at radius 3 is 2.64 bits per heavy atom. The summed E-state index contributed by atoms with van der Waals surface area (Å²) in [6.45, 7) is 1.88. The molecule has 3 rings (SSSR count). The molecule has 0 saturated carbocycles. The molecule has 1 fully saturated rings. The van der Waals surface area contributed by atoms with E-state index in [9.17, 15) is 4.79 Å². The summed E-state index contributed by atoms with van der Waals surface area (Å²) in [6.07, 6.45) is 4.09. The van der Waals surface area contributed by atoms with E-state index >= 15 is 0 Å². The molecule has 7 heteroatoms. The van der Waals surface area contributed by atoms with Crippen LogP contribution in [0, 0.1) is 0 Å². The van der Waals surface area contributed by atoms with E-state index in [0.717, 1.165) is 18.4 Å². The van der Waals surface area contributed by atoms with Crippen LogP contribution in [0.2, 0.25) is 0 Å². The third kappa shape index (κ3) is 5.06. The second-order valence-corrected chi connectivity index (χ2v) is 6.61. The van der Waals surface area contributed by atoms with Crippen LogP contribution in [0.3, 0.4) is 0 Å². The number of carbonyl (C=O) groups excluding carboxylic acids is 1. The van der Waals surface area contributed by atoms with Gasteiger partial charge in [0.15, 0.2) is 11.5 Å². The van der Waals surface area contributed by atoms with Gasteiger partial charge in [0.05, 0.1) is 14.2 Å². The molecule has 0 spiro atoms. The fraction of sp³-hybridized carbons (Fsp3) is 0.429. The fourth-order valence-corrected chi connectivity index (χ4v) is 3.33. The van der Waals surface area contributed by atoms with Crippen LogP contribution in [0.4, 0.5) is 4.79 Å². The van der Waals surface area contributed by atoms with E-state index in [-0.39, 0.29) is 12.1 Å². The highest BCUT2D eigenvalue weighted by Crippen LogP contribution is 2.30. The van der Waals surface area contributed by atoms with Crippen LogP contribution < -0.4 is 19.5 Å². The van der Waals surface area contributed by atoms with E-state index in [0.29, 0.717) is 43.4 Å². The van der Waals surface area contributed by atoms with Crippen LogP contribution in [-0.4, -0.2) is 55.9 Å². The SMILES string of the molecule is COc1cccc(CCNC(=O)N2CCC(Oc3ccccn3)CC2)c1OC. The van der Waals surface area contributed by atoms with Crippen molar-refractivity contribution in [1.82, 2.24) is 15.2 Å². The smallest absolute Gasteiger partial charge is 0.317 e. The number of amides is 2. The second-order valence-electron chi connectivity index (χ2n) is 6.61. The molecule has 2 heterocycles. The number of benzene rings is 1. The summed E-state index contributed by atoms with van der Waals surface area (Å²) in [6, 6.07) is 11.3. The van der Waals surface area contributed by atoms with Crippen LogP contribution in [0.25, 0.3) is 0 Å². The predicted molar refractivity (Wildman–Crippen MR) is 106 cm³/mol. The lowest BCUT2D eigenvalue weighted by molar-refractivity contribution is 0.107. The standard InChI is InChI=1S/C21H27N3O4/c1-26-18-7-5-6-16(20(18)27-2)9-13-23-21(25)24-14-10-17(11-15-24)28-19-8-3-4-12-22-19/h3-8,12,17H,9-11,13-15H2,1-2H3,(H,23,25). The van der Waals surface area contributed by atoms with Crippen LogP contribution in [0.5, 0.6) is 17.4 Å². The Hall–Kier alpha value is -2.96. The van der Waals surface area contributed by atoms with E-state index < -0.39 is 0 Å². The monoisotopic (exact) mass is 385 g/mol. The predicted octanol–water partition coefficient (Wildman–Crippen LogP) is 2.89. The number of nitrogens with one attached hydrogen (secondary N) is 1. The van der Waals surface area contributed by atoms with Crippen LogP contribution in [-0.2, 0) is 6.42 Å². The molecule has 0 radical (unpaired) electrons. The Bertz CT molecular complexity index is 762. The van der Waals surface area contributed by atoms with Gasteiger partial charge in [-0.05, 0) is 24.1 Å². The number of aromatic nitrogens is 1. The Labute approximate surface area is 165 Å². The highest BCUT2D eigenvalue weighted by molar-refractivity contribution is 5.74. The van der Waals surface area contributed by atoms with Gasteiger partial charge in [-0.1, -0.05) is 18.2 Å². The number of rotatable bonds is 7. The highest BCUT2D eigenvalue weighted by atomic mass is 16.5. The number of piperidine rings is 1. The molecule has 0 bridgehead atoms. The molecule has 1 aliphatic rings. The molecule has 28 heavy (non-hydrogen) atoms. The molecule has 2 amide bonds. The molecule has 150 valence electrons. The average molecular weight is 385 g/mol. The van der Waals surface area contributed by atoms with Crippen molar-refractivity contribution in [1.29, 1.82) is 0 Å². The zero-order chi connectivity index (χ0) is 19.8. The number of para-hydroxylation sites is 1. The lowest BCUT2D eigenvalue weighted by atomic mass is 10.1. The van der Waals surface area contributed by atoms with Crippen LogP contribution in [0.15, 0.2) is 42.6 Å². The molecule has 0 atom stereocenters. The lowest BCUT2D eigenvalue weighted by Crippen LogP contribution is -2.46. The molecule has 1 N–H and O–H groups in total. The van der Waals surface area contributed by atoms with Crippen molar-refractivity contribution in [3.63, 3.8) is 0 Å². The summed E-state index contributed by atoms with van der Waals surface area (Å²) in [5, 5.41) is 2.99. The molecule has 1 aromatic carbocycles.